The van der Waals surface area contributed by atoms with Crippen molar-refractivity contribution in [2.75, 3.05) is 26.3 Å². The highest BCUT2D eigenvalue weighted by Crippen LogP contribution is 2.63. The lowest BCUT2D eigenvalue weighted by Crippen LogP contribution is -2.56. The first-order valence-corrected chi connectivity index (χ1v) is 12.4. The van der Waals surface area contributed by atoms with Gasteiger partial charge >= 0.3 is 5.97 Å². The fourth-order valence-corrected chi connectivity index (χ4v) is 6.37. The molecule has 2 aromatic rings. The van der Waals surface area contributed by atoms with Gasteiger partial charge in [-0.2, -0.15) is 0 Å². The van der Waals surface area contributed by atoms with Crippen LogP contribution in [0, 0.1) is 11.8 Å². The molecule has 1 aromatic heterocycles. The third kappa shape index (κ3) is 3.75. The summed E-state index contributed by atoms with van der Waals surface area (Å²) >= 11 is 0. The number of carbonyl (C=O) groups excluding carboxylic acids is 3. The molecule has 1 spiro atoms. The van der Waals surface area contributed by atoms with Crippen LogP contribution >= 0.6 is 0 Å². The van der Waals surface area contributed by atoms with E-state index in [9.17, 15) is 19.5 Å². The molecule has 3 aliphatic rings. The number of aromatic nitrogens is 3. The maximum absolute atomic E-state index is 14.2. The molecule has 0 radical (unpaired) electrons. The number of fused-ring (bicyclic) bond motifs is 2. The molecule has 11 heteroatoms. The predicted octanol–water partition coefficient (Wildman–Crippen LogP) is 0.890. The summed E-state index contributed by atoms with van der Waals surface area (Å²) in [4.78, 5) is 44.0. The van der Waals surface area contributed by atoms with E-state index in [2.05, 4.69) is 23.5 Å². The SMILES string of the molecule is C=CCOC(=O)[C@@H]1[C@H]2C(=O)N(CCO)C(C(=O)N(CC=C)Cn3nnc4ccccc43)C23CC[C@@]1(C)O3. The van der Waals surface area contributed by atoms with Gasteiger partial charge in [0.15, 0.2) is 0 Å². The highest BCUT2D eigenvalue weighted by molar-refractivity contribution is 5.98. The molecule has 0 saturated carbocycles. The molecule has 11 nitrogen and oxygen atoms in total. The highest BCUT2D eigenvalue weighted by atomic mass is 16.6. The standard InChI is InChI=1S/C26H31N5O6/c1-4-12-29(16-31-18-9-7-6-8-17(18)27-28-31)23(34)21-26-11-10-25(3,37-26)20(24(35)36-15-5-2)19(26)22(33)30(21)13-14-32/h4-9,19-21,32H,1-2,10-16H2,3H3/t19-,20-,21?,25+,26?/m0/s1. The summed E-state index contributed by atoms with van der Waals surface area (Å²) < 4.78 is 13.5. The van der Waals surface area contributed by atoms with Gasteiger partial charge in [0.05, 0.1) is 23.6 Å². The van der Waals surface area contributed by atoms with Crippen LogP contribution in [0.4, 0.5) is 0 Å². The van der Waals surface area contributed by atoms with Gasteiger partial charge in [-0.05, 0) is 31.9 Å². The Hall–Kier alpha value is -3.57. The maximum Gasteiger partial charge on any atom is 0.313 e. The van der Waals surface area contributed by atoms with Gasteiger partial charge in [-0.25, -0.2) is 4.68 Å². The zero-order valence-corrected chi connectivity index (χ0v) is 20.8. The monoisotopic (exact) mass is 509 g/mol. The Morgan fingerprint density at radius 2 is 2.08 bits per heavy atom. The number of hydrogen-bond donors (Lipinski definition) is 1. The van der Waals surface area contributed by atoms with Crippen LogP contribution in [0.5, 0.6) is 0 Å². The highest BCUT2D eigenvalue weighted by Gasteiger charge is 2.78. The van der Waals surface area contributed by atoms with Crippen LogP contribution in [0.15, 0.2) is 49.6 Å². The third-order valence-electron chi connectivity index (χ3n) is 7.83. The van der Waals surface area contributed by atoms with Crippen LogP contribution in [0.1, 0.15) is 19.8 Å². The van der Waals surface area contributed by atoms with E-state index >= 15 is 0 Å². The molecule has 0 aliphatic carbocycles. The van der Waals surface area contributed by atoms with E-state index in [4.69, 9.17) is 9.47 Å². The number of hydrogen-bond acceptors (Lipinski definition) is 8. The molecule has 37 heavy (non-hydrogen) atoms. The molecule has 5 atom stereocenters. The van der Waals surface area contributed by atoms with Crippen LogP contribution in [0.3, 0.4) is 0 Å². The number of esters is 1. The molecule has 4 heterocycles. The number of likely N-dealkylation sites (tertiary alicyclic amines) is 1. The van der Waals surface area contributed by atoms with Crippen LogP contribution in [-0.4, -0.2) is 91.2 Å². The van der Waals surface area contributed by atoms with Gasteiger partial charge in [0.25, 0.3) is 0 Å². The van der Waals surface area contributed by atoms with Crippen molar-refractivity contribution in [3.8, 4) is 0 Å². The number of ether oxygens (including phenoxy) is 2. The molecular formula is C26H31N5O6. The van der Waals surface area contributed by atoms with Crippen LogP contribution in [0.25, 0.3) is 11.0 Å². The van der Waals surface area contributed by atoms with Crippen LogP contribution in [0.2, 0.25) is 0 Å². The molecule has 3 fully saturated rings. The molecule has 5 rings (SSSR count). The van der Waals surface area contributed by atoms with Gasteiger partial charge in [-0.3, -0.25) is 14.4 Å². The van der Waals surface area contributed by atoms with Gasteiger partial charge in [0.2, 0.25) is 11.8 Å². The van der Waals surface area contributed by atoms with Gasteiger partial charge in [-0.15, -0.1) is 11.7 Å². The summed E-state index contributed by atoms with van der Waals surface area (Å²) in [5, 5.41) is 18.2. The summed E-state index contributed by atoms with van der Waals surface area (Å²) in [6, 6.07) is 6.39. The third-order valence-corrected chi connectivity index (χ3v) is 7.83. The number of benzene rings is 1. The molecule has 3 aliphatic heterocycles. The summed E-state index contributed by atoms with van der Waals surface area (Å²) in [5.74, 6) is -3.05. The minimum atomic E-state index is -1.21. The van der Waals surface area contributed by atoms with Gasteiger partial charge < -0.3 is 24.4 Å². The van der Waals surface area contributed by atoms with Crippen molar-refractivity contribution in [1.82, 2.24) is 24.8 Å². The number of aliphatic hydroxyl groups is 1. The fourth-order valence-electron chi connectivity index (χ4n) is 6.37. The maximum atomic E-state index is 14.2. The Labute approximate surface area is 214 Å². The molecule has 2 bridgehead atoms. The van der Waals surface area contributed by atoms with Gasteiger partial charge in [0, 0.05) is 13.1 Å². The molecule has 1 N–H and O–H groups in total. The van der Waals surface area contributed by atoms with Crippen molar-refractivity contribution in [1.29, 1.82) is 0 Å². The van der Waals surface area contributed by atoms with E-state index in [1.807, 2.05) is 24.3 Å². The molecule has 2 unspecified atom stereocenters. The zero-order valence-electron chi connectivity index (χ0n) is 20.8. The minimum Gasteiger partial charge on any atom is -0.461 e. The Morgan fingerprint density at radius 3 is 2.81 bits per heavy atom. The lowest BCUT2D eigenvalue weighted by atomic mass is 9.66. The minimum absolute atomic E-state index is 0.0149. The van der Waals surface area contributed by atoms with E-state index < -0.39 is 35.0 Å². The van der Waals surface area contributed by atoms with E-state index in [-0.39, 0.29) is 44.8 Å². The molecule has 2 amide bonds. The van der Waals surface area contributed by atoms with Crippen molar-refractivity contribution in [3.63, 3.8) is 0 Å². The first-order valence-electron chi connectivity index (χ1n) is 12.4. The largest absolute Gasteiger partial charge is 0.461 e. The summed E-state index contributed by atoms with van der Waals surface area (Å²) in [6.45, 7) is 9.06. The number of amides is 2. The topological polar surface area (TPSA) is 127 Å². The fraction of sp³-hybridized carbons (Fsp3) is 0.500. The lowest BCUT2D eigenvalue weighted by molar-refractivity contribution is -0.160. The number of rotatable bonds is 10. The van der Waals surface area contributed by atoms with Crippen LogP contribution < -0.4 is 0 Å². The van der Waals surface area contributed by atoms with E-state index in [1.165, 1.54) is 15.9 Å². The Morgan fingerprint density at radius 1 is 1.30 bits per heavy atom. The first-order chi connectivity index (χ1) is 17.8. The van der Waals surface area contributed by atoms with E-state index in [0.29, 0.717) is 18.4 Å². The molecule has 196 valence electrons. The van der Waals surface area contributed by atoms with Crippen molar-refractivity contribution in [2.24, 2.45) is 11.8 Å². The zero-order chi connectivity index (χ0) is 26.4. The van der Waals surface area contributed by atoms with Crippen LogP contribution in [-0.2, 0) is 30.5 Å². The Kier molecular flexibility index (Phi) is 6.36. The van der Waals surface area contributed by atoms with Gasteiger partial charge in [0.1, 0.15) is 36.4 Å². The number of nitrogens with zero attached hydrogens (tertiary/aromatic N) is 5. The van der Waals surface area contributed by atoms with Crippen molar-refractivity contribution < 1.29 is 29.0 Å². The van der Waals surface area contributed by atoms with E-state index in [1.54, 1.807) is 17.7 Å². The number of aliphatic hydroxyl groups excluding tert-OH is 1. The Balaban J connectivity index is 1.52. The smallest absolute Gasteiger partial charge is 0.313 e. The quantitative estimate of drug-likeness (QED) is 0.370. The molecule has 1 aromatic carbocycles. The number of β-amino-alcohol motifs (C(OH)–C–C–N with tert-alkyl or cyclic N) is 1. The van der Waals surface area contributed by atoms with Crippen molar-refractivity contribution in [2.45, 2.75) is 43.7 Å². The second kappa shape index (κ2) is 9.38. The van der Waals surface area contributed by atoms with Gasteiger partial charge in [-0.1, -0.05) is 36.1 Å². The summed E-state index contributed by atoms with van der Waals surface area (Å²) in [6.07, 6.45) is 3.99. The van der Waals surface area contributed by atoms with Crippen molar-refractivity contribution >= 4 is 28.8 Å². The second-order valence-electron chi connectivity index (χ2n) is 9.97. The average Bonchev–Trinajstić information content (AvgIpc) is 3.58. The first kappa shape index (κ1) is 25.1. The average molecular weight is 510 g/mol. The van der Waals surface area contributed by atoms with E-state index in [0.717, 1.165) is 5.52 Å². The predicted molar refractivity (Wildman–Crippen MR) is 132 cm³/mol. The van der Waals surface area contributed by atoms with Crippen molar-refractivity contribution in [3.05, 3.63) is 49.6 Å². The Bertz CT molecular complexity index is 1260. The molecule has 3 saturated heterocycles. The number of para-hydroxylation sites is 1. The normalized spacial score (nSPS) is 29.9. The molecular weight excluding hydrogens is 478 g/mol. The lowest BCUT2D eigenvalue weighted by Gasteiger charge is -2.36. The summed E-state index contributed by atoms with van der Waals surface area (Å²) in [5.41, 5.74) is -0.699. The number of carbonyl (C=O) groups is 3. The second-order valence-corrected chi connectivity index (χ2v) is 9.97. The summed E-state index contributed by atoms with van der Waals surface area (Å²) in [7, 11) is 0.